The van der Waals surface area contributed by atoms with Gasteiger partial charge in [-0.05, 0) is 23.3 Å². The first-order valence-corrected chi connectivity index (χ1v) is 8.29. The van der Waals surface area contributed by atoms with E-state index < -0.39 is 18.0 Å². The van der Waals surface area contributed by atoms with Gasteiger partial charge in [0.1, 0.15) is 5.75 Å². The minimum Gasteiger partial charge on any atom is -0.508 e. The number of hydrogen-bond acceptors (Lipinski definition) is 4. The molecule has 0 aliphatic carbocycles. The Hall–Kier alpha value is -2.86. The van der Waals surface area contributed by atoms with Crippen LogP contribution in [-0.4, -0.2) is 40.6 Å². The van der Waals surface area contributed by atoms with Gasteiger partial charge in [-0.3, -0.25) is 9.59 Å². The van der Waals surface area contributed by atoms with Crippen LogP contribution in [0, 0.1) is 5.92 Å². The number of nitrogens with zero attached hydrogens (tertiary/aromatic N) is 1. The van der Waals surface area contributed by atoms with Gasteiger partial charge in [-0.2, -0.15) is 0 Å². The molecule has 0 saturated heterocycles. The fourth-order valence-electron chi connectivity index (χ4n) is 2.64. The largest absolute Gasteiger partial charge is 0.508 e. The number of rotatable bonds is 8. The highest BCUT2D eigenvalue weighted by molar-refractivity contribution is 5.83. The van der Waals surface area contributed by atoms with Crippen LogP contribution in [0.15, 0.2) is 54.6 Å². The number of methoxy groups -OCH3 is 1. The van der Waals surface area contributed by atoms with E-state index in [1.54, 1.807) is 19.1 Å². The van der Waals surface area contributed by atoms with Crippen LogP contribution < -0.4 is 0 Å². The average molecular weight is 357 g/mol. The van der Waals surface area contributed by atoms with Crippen LogP contribution in [0.4, 0.5) is 0 Å². The predicted octanol–water partition coefficient (Wildman–Crippen LogP) is 2.83. The van der Waals surface area contributed by atoms with Crippen molar-refractivity contribution >= 4 is 11.9 Å². The van der Waals surface area contributed by atoms with E-state index >= 15 is 0 Å². The number of aliphatic carboxylic acids is 1. The molecule has 138 valence electrons. The number of ether oxygens (including phenoxy) is 1. The van der Waals surface area contributed by atoms with E-state index in [-0.39, 0.29) is 24.7 Å². The standard InChI is InChI=1S/C20H23NO5/c1-14(20(24)25)12-21(13-15-6-4-3-5-7-15)19(23)18(26-2)16-8-10-17(22)11-9-16/h3-11,14,18,22H,12-13H2,1-2H3,(H,24,25). The number of benzene rings is 2. The Bertz CT molecular complexity index is 730. The Kier molecular flexibility index (Phi) is 6.74. The van der Waals surface area contributed by atoms with Crippen molar-refractivity contribution < 1.29 is 24.5 Å². The van der Waals surface area contributed by atoms with Crippen LogP contribution in [-0.2, 0) is 20.9 Å². The Morgan fingerprint density at radius 3 is 2.23 bits per heavy atom. The van der Waals surface area contributed by atoms with Crippen LogP contribution in [0.2, 0.25) is 0 Å². The van der Waals surface area contributed by atoms with Gasteiger partial charge in [0.25, 0.3) is 5.91 Å². The van der Waals surface area contributed by atoms with Crippen LogP contribution in [0.1, 0.15) is 24.2 Å². The molecule has 2 N–H and O–H groups in total. The summed E-state index contributed by atoms with van der Waals surface area (Å²) in [6.45, 7) is 1.92. The van der Waals surface area contributed by atoms with Crippen LogP contribution in [0.25, 0.3) is 0 Å². The zero-order chi connectivity index (χ0) is 19.1. The van der Waals surface area contributed by atoms with Gasteiger partial charge >= 0.3 is 5.97 Å². The molecule has 0 saturated carbocycles. The molecule has 2 aromatic rings. The highest BCUT2D eigenvalue weighted by Gasteiger charge is 2.28. The molecule has 0 aliphatic heterocycles. The van der Waals surface area contributed by atoms with Crippen molar-refractivity contribution in [3.8, 4) is 5.75 Å². The molecule has 6 heteroatoms. The lowest BCUT2D eigenvalue weighted by Crippen LogP contribution is -2.39. The Balaban J connectivity index is 2.27. The molecule has 0 heterocycles. The number of carboxylic acid groups (broad SMARTS) is 1. The van der Waals surface area contributed by atoms with Gasteiger partial charge in [-0.15, -0.1) is 0 Å². The summed E-state index contributed by atoms with van der Waals surface area (Å²) in [5.41, 5.74) is 1.50. The number of phenols is 1. The van der Waals surface area contributed by atoms with E-state index in [0.717, 1.165) is 5.56 Å². The van der Waals surface area contributed by atoms with Gasteiger partial charge in [0.2, 0.25) is 0 Å². The minimum atomic E-state index is -0.963. The summed E-state index contributed by atoms with van der Waals surface area (Å²) in [6.07, 6.45) is -0.875. The molecule has 0 fully saturated rings. The van der Waals surface area contributed by atoms with E-state index in [2.05, 4.69) is 0 Å². The monoisotopic (exact) mass is 357 g/mol. The third-order valence-electron chi connectivity index (χ3n) is 4.10. The van der Waals surface area contributed by atoms with Gasteiger partial charge in [-0.1, -0.05) is 49.4 Å². The molecule has 2 rings (SSSR count). The lowest BCUT2D eigenvalue weighted by atomic mass is 10.1. The molecule has 2 atom stereocenters. The number of carbonyl (C=O) groups is 2. The third-order valence-corrected chi connectivity index (χ3v) is 4.10. The minimum absolute atomic E-state index is 0.0704. The van der Waals surface area contributed by atoms with Crippen molar-refractivity contribution in [1.82, 2.24) is 4.90 Å². The van der Waals surface area contributed by atoms with Crippen molar-refractivity contribution in [3.63, 3.8) is 0 Å². The summed E-state index contributed by atoms with van der Waals surface area (Å²) in [7, 11) is 1.43. The van der Waals surface area contributed by atoms with Gasteiger partial charge < -0.3 is 19.8 Å². The number of hydrogen-bond donors (Lipinski definition) is 2. The Labute approximate surface area is 152 Å². The maximum absolute atomic E-state index is 13.1. The normalized spacial score (nSPS) is 13.0. The van der Waals surface area contributed by atoms with Crippen LogP contribution in [0.5, 0.6) is 5.75 Å². The molecule has 26 heavy (non-hydrogen) atoms. The predicted molar refractivity (Wildman–Crippen MR) is 96.5 cm³/mol. The number of amides is 1. The van der Waals surface area contributed by atoms with Crippen molar-refractivity contribution in [2.45, 2.75) is 19.6 Å². The molecule has 2 aromatic carbocycles. The smallest absolute Gasteiger partial charge is 0.308 e. The van der Waals surface area contributed by atoms with E-state index in [9.17, 15) is 19.8 Å². The van der Waals surface area contributed by atoms with Crippen molar-refractivity contribution in [3.05, 3.63) is 65.7 Å². The highest BCUT2D eigenvalue weighted by atomic mass is 16.5. The molecule has 6 nitrogen and oxygen atoms in total. The molecule has 2 unspecified atom stereocenters. The van der Waals surface area contributed by atoms with E-state index in [1.807, 2.05) is 30.3 Å². The molecular formula is C20H23NO5. The summed E-state index contributed by atoms with van der Waals surface area (Å²) in [5, 5.41) is 18.7. The highest BCUT2D eigenvalue weighted by Crippen LogP contribution is 2.23. The summed E-state index contributed by atoms with van der Waals surface area (Å²) in [6, 6.07) is 15.6. The molecular weight excluding hydrogens is 334 g/mol. The summed E-state index contributed by atoms with van der Waals surface area (Å²) < 4.78 is 5.38. The zero-order valence-electron chi connectivity index (χ0n) is 14.8. The van der Waals surface area contributed by atoms with Crippen molar-refractivity contribution in [2.75, 3.05) is 13.7 Å². The first-order valence-electron chi connectivity index (χ1n) is 8.29. The average Bonchev–Trinajstić information content (AvgIpc) is 2.64. The van der Waals surface area contributed by atoms with E-state index in [4.69, 9.17) is 4.74 Å². The molecule has 1 amide bonds. The van der Waals surface area contributed by atoms with Gasteiger partial charge in [0.15, 0.2) is 6.10 Å². The third kappa shape index (κ3) is 5.07. The molecule has 0 aromatic heterocycles. The van der Waals surface area contributed by atoms with Crippen molar-refractivity contribution in [2.24, 2.45) is 5.92 Å². The molecule has 0 aliphatic rings. The molecule has 0 bridgehead atoms. The van der Waals surface area contributed by atoms with Gasteiger partial charge in [-0.25, -0.2) is 0 Å². The lowest BCUT2D eigenvalue weighted by Gasteiger charge is -2.28. The first kappa shape index (κ1) is 19.5. The SMILES string of the molecule is COC(C(=O)N(Cc1ccccc1)CC(C)C(=O)O)c1ccc(O)cc1. The fourth-order valence-corrected chi connectivity index (χ4v) is 2.64. The summed E-state index contributed by atoms with van der Waals surface area (Å²) in [4.78, 5) is 25.8. The summed E-state index contributed by atoms with van der Waals surface area (Å²) in [5.74, 6) is -1.90. The number of phenolic OH excluding ortho intramolecular Hbond substituents is 1. The second kappa shape index (κ2) is 9.01. The second-order valence-corrected chi connectivity index (χ2v) is 6.15. The molecule has 0 radical (unpaired) electrons. The Morgan fingerprint density at radius 1 is 1.08 bits per heavy atom. The van der Waals surface area contributed by atoms with Crippen LogP contribution in [0.3, 0.4) is 0 Å². The van der Waals surface area contributed by atoms with Crippen molar-refractivity contribution in [1.29, 1.82) is 0 Å². The maximum atomic E-state index is 13.1. The maximum Gasteiger partial charge on any atom is 0.308 e. The van der Waals surface area contributed by atoms with Crippen LogP contribution >= 0.6 is 0 Å². The lowest BCUT2D eigenvalue weighted by molar-refractivity contribution is -0.147. The fraction of sp³-hybridized carbons (Fsp3) is 0.300. The first-order chi connectivity index (χ1) is 12.4. The topological polar surface area (TPSA) is 87.1 Å². The van der Waals surface area contributed by atoms with E-state index in [1.165, 1.54) is 24.1 Å². The second-order valence-electron chi connectivity index (χ2n) is 6.15. The quantitative estimate of drug-likeness (QED) is 0.759. The Morgan fingerprint density at radius 2 is 1.69 bits per heavy atom. The van der Waals surface area contributed by atoms with Gasteiger partial charge in [0, 0.05) is 20.2 Å². The zero-order valence-corrected chi connectivity index (χ0v) is 14.8. The number of aromatic hydroxyl groups is 1. The summed E-state index contributed by atoms with van der Waals surface area (Å²) >= 11 is 0. The number of carbonyl (C=O) groups excluding carboxylic acids is 1. The van der Waals surface area contributed by atoms with Gasteiger partial charge in [0.05, 0.1) is 5.92 Å². The molecule has 0 spiro atoms. The van der Waals surface area contributed by atoms with E-state index in [0.29, 0.717) is 5.56 Å². The number of carboxylic acids is 1.